The molecule has 0 bridgehead atoms. The maximum Gasteiger partial charge on any atom is 0.0236 e. The number of nitrogens with zero attached hydrogens (tertiary/aromatic N) is 1. The number of benzene rings is 1. The van der Waals surface area contributed by atoms with Crippen LogP contribution in [0.5, 0.6) is 0 Å². The molecule has 1 aromatic carbocycles. The van der Waals surface area contributed by atoms with E-state index in [1.807, 2.05) is 0 Å². The average molecular weight is 295 g/mol. The van der Waals surface area contributed by atoms with E-state index in [9.17, 15) is 0 Å². The monoisotopic (exact) mass is 294 g/mol. The van der Waals surface area contributed by atoms with Crippen LogP contribution in [0.2, 0.25) is 0 Å². The van der Waals surface area contributed by atoms with Crippen LogP contribution in [0.15, 0.2) is 24.3 Å². The van der Waals surface area contributed by atoms with Crippen LogP contribution in [-0.4, -0.2) is 24.0 Å². The molecule has 2 nitrogen and oxygen atoms in total. The minimum atomic E-state index is 0. The van der Waals surface area contributed by atoms with Crippen molar-refractivity contribution in [2.45, 2.75) is 57.0 Å². The summed E-state index contributed by atoms with van der Waals surface area (Å²) in [6.07, 6.45) is 8.00. The lowest BCUT2D eigenvalue weighted by molar-refractivity contribution is 0.134. The van der Waals surface area contributed by atoms with Gasteiger partial charge in [-0.05, 0) is 62.2 Å². The van der Waals surface area contributed by atoms with Crippen LogP contribution in [0.4, 0.5) is 0 Å². The van der Waals surface area contributed by atoms with Crippen LogP contribution in [0.3, 0.4) is 0 Å². The van der Waals surface area contributed by atoms with Gasteiger partial charge in [-0.2, -0.15) is 0 Å². The van der Waals surface area contributed by atoms with E-state index < -0.39 is 0 Å². The van der Waals surface area contributed by atoms with Gasteiger partial charge in [0.25, 0.3) is 0 Å². The minimum absolute atomic E-state index is 0. The van der Waals surface area contributed by atoms with E-state index in [2.05, 4.69) is 29.2 Å². The molecule has 1 heterocycles. The predicted octanol–water partition coefficient (Wildman–Crippen LogP) is 3.69. The van der Waals surface area contributed by atoms with Crippen molar-refractivity contribution in [1.82, 2.24) is 4.90 Å². The van der Waals surface area contributed by atoms with Gasteiger partial charge in [0.2, 0.25) is 0 Å². The van der Waals surface area contributed by atoms with Crippen molar-refractivity contribution in [3.05, 3.63) is 35.4 Å². The summed E-state index contributed by atoms with van der Waals surface area (Å²) in [7, 11) is 0. The molecule has 1 atom stereocenters. The lowest BCUT2D eigenvalue weighted by Gasteiger charge is -2.35. The summed E-state index contributed by atoms with van der Waals surface area (Å²) >= 11 is 0. The van der Waals surface area contributed by atoms with E-state index in [0.717, 1.165) is 25.4 Å². The van der Waals surface area contributed by atoms with Gasteiger partial charge in [0.1, 0.15) is 0 Å². The van der Waals surface area contributed by atoms with Gasteiger partial charge >= 0.3 is 0 Å². The van der Waals surface area contributed by atoms with E-state index in [0.29, 0.717) is 6.04 Å². The smallest absolute Gasteiger partial charge is 0.0236 e. The summed E-state index contributed by atoms with van der Waals surface area (Å²) in [4.78, 5) is 2.66. The molecule has 1 aliphatic heterocycles. The van der Waals surface area contributed by atoms with E-state index in [1.165, 1.54) is 44.2 Å². The lowest BCUT2D eigenvalue weighted by atomic mass is 9.98. The fourth-order valence-corrected chi connectivity index (χ4v) is 3.38. The summed E-state index contributed by atoms with van der Waals surface area (Å²) in [5.74, 6) is 0.862. The third-order valence-corrected chi connectivity index (χ3v) is 4.63. The van der Waals surface area contributed by atoms with Crippen molar-refractivity contribution >= 4 is 12.4 Å². The number of nitrogens with two attached hydrogens (primary N) is 1. The van der Waals surface area contributed by atoms with Crippen molar-refractivity contribution in [1.29, 1.82) is 0 Å². The Morgan fingerprint density at radius 2 is 2.00 bits per heavy atom. The molecule has 0 radical (unpaired) electrons. The SMILES string of the molecule is Cl.NCCC1CCCCN1Cc1cccc(C2CC2)c1. The van der Waals surface area contributed by atoms with E-state index in [4.69, 9.17) is 5.73 Å². The van der Waals surface area contributed by atoms with Crippen LogP contribution < -0.4 is 5.73 Å². The highest BCUT2D eigenvalue weighted by Crippen LogP contribution is 2.40. The first-order chi connectivity index (χ1) is 9.36. The molecule has 2 aliphatic rings. The molecular weight excluding hydrogens is 268 g/mol. The maximum absolute atomic E-state index is 5.76. The van der Waals surface area contributed by atoms with Crippen molar-refractivity contribution in [3.63, 3.8) is 0 Å². The standard InChI is InChI=1S/C17H26N2.ClH/c18-10-9-17-6-1-2-11-19(17)13-14-4-3-5-16(12-14)15-7-8-15;/h3-5,12,15,17H,1-2,6-11,13,18H2;1H. The van der Waals surface area contributed by atoms with Crippen molar-refractivity contribution in [2.75, 3.05) is 13.1 Å². The molecule has 0 aromatic heterocycles. The highest BCUT2D eigenvalue weighted by molar-refractivity contribution is 5.85. The first-order valence-corrected chi connectivity index (χ1v) is 7.90. The van der Waals surface area contributed by atoms with Gasteiger partial charge < -0.3 is 5.73 Å². The fraction of sp³-hybridized carbons (Fsp3) is 0.647. The second-order valence-corrected chi connectivity index (χ2v) is 6.22. The normalized spacial score (nSPS) is 23.4. The Morgan fingerprint density at radius 3 is 2.75 bits per heavy atom. The maximum atomic E-state index is 5.76. The third-order valence-electron chi connectivity index (χ3n) is 4.63. The second-order valence-electron chi connectivity index (χ2n) is 6.22. The quantitative estimate of drug-likeness (QED) is 0.897. The summed E-state index contributed by atoms with van der Waals surface area (Å²) in [6, 6.07) is 9.98. The largest absolute Gasteiger partial charge is 0.330 e. The molecule has 1 saturated carbocycles. The molecular formula is C17H27ClN2. The van der Waals surface area contributed by atoms with Gasteiger partial charge in [-0.15, -0.1) is 12.4 Å². The second kappa shape index (κ2) is 7.44. The average Bonchev–Trinajstić information content (AvgIpc) is 3.26. The van der Waals surface area contributed by atoms with Crippen molar-refractivity contribution < 1.29 is 0 Å². The molecule has 112 valence electrons. The predicted molar refractivity (Wildman–Crippen MR) is 87.4 cm³/mol. The Morgan fingerprint density at radius 1 is 1.15 bits per heavy atom. The molecule has 0 spiro atoms. The topological polar surface area (TPSA) is 29.3 Å². The number of rotatable bonds is 5. The Labute approximate surface area is 129 Å². The Balaban J connectivity index is 0.00000147. The number of hydrogen-bond acceptors (Lipinski definition) is 2. The zero-order valence-corrected chi connectivity index (χ0v) is 13.1. The van der Waals surface area contributed by atoms with E-state index in [1.54, 1.807) is 5.56 Å². The highest BCUT2D eigenvalue weighted by Gasteiger charge is 2.25. The molecule has 1 saturated heterocycles. The van der Waals surface area contributed by atoms with E-state index in [-0.39, 0.29) is 12.4 Å². The minimum Gasteiger partial charge on any atom is -0.330 e. The molecule has 2 N–H and O–H groups in total. The van der Waals surface area contributed by atoms with Crippen LogP contribution in [0, 0.1) is 0 Å². The first-order valence-electron chi connectivity index (χ1n) is 7.90. The van der Waals surface area contributed by atoms with E-state index >= 15 is 0 Å². The summed E-state index contributed by atoms with van der Waals surface area (Å²) in [5, 5.41) is 0. The van der Waals surface area contributed by atoms with Gasteiger partial charge in [-0.1, -0.05) is 30.7 Å². The molecule has 1 unspecified atom stereocenters. The lowest BCUT2D eigenvalue weighted by Crippen LogP contribution is -2.40. The van der Waals surface area contributed by atoms with Crippen LogP contribution in [-0.2, 0) is 6.54 Å². The zero-order chi connectivity index (χ0) is 13.1. The Hall–Kier alpha value is -0.570. The molecule has 1 aliphatic carbocycles. The molecule has 3 heteroatoms. The number of piperidine rings is 1. The number of hydrogen-bond donors (Lipinski definition) is 1. The first kappa shape index (κ1) is 15.8. The molecule has 0 amide bonds. The van der Waals surface area contributed by atoms with Gasteiger partial charge in [-0.3, -0.25) is 4.90 Å². The molecule has 20 heavy (non-hydrogen) atoms. The van der Waals surface area contributed by atoms with Crippen LogP contribution >= 0.6 is 12.4 Å². The summed E-state index contributed by atoms with van der Waals surface area (Å²) in [6.45, 7) is 3.19. The van der Waals surface area contributed by atoms with Gasteiger partial charge in [0.15, 0.2) is 0 Å². The van der Waals surface area contributed by atoms with Gasteiger partial charge in [0.05, 0.1) is 0 Å². The Kier molecular flexibility index (Phi) is 5.88. The van der Waals surface area contributed by atoms with Crippen LogP contribution in [0.1, 0.15) is 55.6 Å². The third kappa shape index (κ3) is 3.97. The number of likely N-dealkylation sites (tertiary alicyclic amines) is 1. The Bertz CT molecular complexity index is 415. The molecule has 2 fully saturated rings. The fourth-order valence-electron chi connectivity index (χ4n) is 3.38. The highest BCUT2D eigenvalue weighted by atomic mass is 35.5. The van der Waals surface area contributed by atoms with Crippen LogP contribution in [0.25, 0.3) is 0 Å². The summed E-state index contributed by atoms with van der Waals surface area (Å²) < 4.78 is 0. The van der Waals surface area contributed by atoms with Crippen molar-refractivity contribution in [3.8, 4) is 0 Å². The van der Waals surface area contributed by atoms with Gasteiger partial charge in [-0.25, -0.2) is 0 Å². The summed E-state index contributed by atoms with van der Waals surface area (Å²) in [5.41, 5.74) is 8.81. The van der Waals surface area contributed by atoms with Crippen molar-refractivity contribution in [2.24, 2.45) is 5.73 Å². The molecule has 3 rings (SSSR count). The zero-order valence-electron chi connectivity index (χ0n) is 12.3. The molecule has 1 aromatic rings. The van der Waals surface area contributed by atoms with Gasteiger partial charge in [0, 0.05) is 12.6 Å². The number of halogens is 1.